The minimum atomic E-state index is -0.355. The molecule has 11 rings (SSSR count). The Kier molecular flexibility index (Phi) is 6.96. The topological polar surface area (TPSA) is 19.6 Å². The Hall–Kier alpha value is -6.84. The van der Waals surface area contributed by atoms with Gasteiger partial charge in [0.2, 0.25) is 0 Å². The van der Waals surface area contributed by atoms with E-state index in [0.717, 1.165) is 56.8 Å². The fourth-order valence-electron chi connectivity index (χ4n) is 9.35. The summed E-state index contributed by atoms with van der Waals surface area (Å²) in [7, 11) is 0. The molecule has 2 aliphatic rings. The van der Waals surface area contributed by atoms with Gasteiger partial charge in [0.1, 0.15) is 11.2 Å². The lowest BCUT2D eigenvalue weighted by atomic mass is 9.80. The Morgan fingerprint density at radius 3 is 1.55 bits per heavy atom. The highest BCUT2D eigenvalue weighted by molar-refractivity contribution is 6.20. The monoisotopic (exact) mass is 706 g/mol. The van der Waals surface area contributed by atoms with Gasteiger partial charge < -0.3 is 14.2 Å². The van der Waals surface area contributed by atoms with E-state index in [9.17, 15) is 0 Å². The van der Waals surface area contributed by atoms with Gasteiger partial charge in [0.15, 0.2) is 0 Å². The number of nitrogens with zero attached hydrogens (tertiary/aromatic N) is 2. The second-order valence-electron chi connectivity index (χ2n) is 15.3. The van der Waals surface area contributed by atoms with Gasteiger partial charge in [-0.1, -0.05) is 129 Å². The van der Waals surface area contributed by atoms with E-state index in [-0.39, 0.29) is 5.41 Å². The number of hydrogen-bond acceptors (Lipinski definition) is 3. The fourth-order valence-corrected chi connectivity index (χ4v) is 9.35. The average molecular weight is 707 g/mol. The number of rotatable bonds is 6. The lowest BCUT2D eigenvalue weighted by Crippen LogP contribution is -2.18. The van der Waals surface area contributed by atoms with Crippen molar-refractivity contribution < 1.29 is 4.42 Å². The molecule has 0 spiro atoms. The van der Waals surface area contributed by atoms with Crippen LogP contribution in [0.5, 0.6) is 0 Å². The summed E-state index contributed by atoms with van der Waals surface area (Å²) in [5.74, 6) is 0. The minimum absolute atomic E-state index is 0.355. The van der Waals surface area contributed by atoms with Crippen LogP contribution >= 0.6 is 0 Å². The van der Waals surface area contributed by atoms with Crippen LogP contribution < -0.4 is 9.80 Å². The van der Waals surface area contributed by atoms with Crippen molar-refractivity contribution in [3.63, 3.8) is 0 Å². The van der Waals surface area contributed by atoms with Crippen LogP contribution in [0.4, 0.5) is 34.1 Å². The molecule has 3 heteroatoms. The first-order valence-electron chi connectivity index (χ1n) is 19.2. The second-order valence-corrected chi connectivity index (χ2v) is 15.3. The van der Waals surface area contributed by atoms with E-state index in [1.54, 1.807) is 0 Å². The molecule has 0 saturated heterocycles. The van der Waals surface area contributed by atoms with Crippen molar-refractivity contribution in [2.24, 2.45) is 0 Å². The van der Waals surface area contributed by atoms with Crippen molar-refractivity contribution in [2.45, 2.75) is 25.7 Å². The molecule has 0 unspecified atom stereocenters. The van der Waals surface area contributed by atoms with Gasteiger partial charge in [0.05, 0.1) is 16.8 Å². The largest absolute Gasteiger partial charge is 0.455 e. The molecule has 0 N–H and O–H groups in total. The highest BCUT2D eigenvalue weighted by Gasteiger charge is 2.44. The third-order valence-electron chi connectivity index (χ3n) is 11.8. The molecule has 2 aliphatic carbocycles. The molecule has 9 aromatic rings. The summed E-state index contributed by atoms with van der Waals surface area (Å²) in [5, 5.41) is 2.25. The molecular weight excluding hydrogens is 669 g/mol. The maximum atomic E-state index is 7.14. The summed E-state index contributed by atoms with van der Waals surface area (Å²) in [4.78, 5) is 4.86. The van der Waals surface area contributed by atoms with Crippen LogP contribution in [-0.4, -0.2) is 0 Å². The van der Waals surface area contributed by atoms with Crippen molar-refractivity contribution in [1.29, 1.82) is 0 Å². The molecule has 1 aromatic heterocycles. The van der Waals surface area contributed by atoms with Crippen molar-refractivity contribution in [3.8, 4) is 22.3 Å². The average Bonchev–Trinajstić information content (AvgIpc) is 3.88. The number of furan rings is 1. The van der Waals surface area contributed by atoms with Crippen LogP contribution in [0.1, 0.15) is 36.1 Å². The van der Waals surface area contributed by atoms with Gasteiger partial charge in [-0.25, -0.2) is 0 Å². The summed E-state index contributed by atoms with van der Waals surface area (Å²) >= 11 is 0. The van der Waals surface area contributed by atoms with Crippen LogP contribution in [0.15, 0.2) is 186 Å². The lowest BCUT2D eigenvalue weighted by molar-refractivity contribution is 0.653. The SMILES string of the molecule is CC1(C)c2cc(N(c3ccccc3)c3ccccc3)c3c(c2-c2c1cc(N(c1ccccc1)c1ccccc1)c1c2oc2ccccc21)-c1ccccc1C3. The molecule has 0 amide bonds. The summed E-state index contributed by atoms with van der Waals surface area (Å²) in [6.45, 7) is 4.80. The fraction of sp³-hybridized carbons (Fsp3) is 0.0769. The predicted molar refractivity (Wildman–Crippen MR) is 229 cm³/mol. The molecule has 1 heterocycles. The zero-order valence-electron chi connectivity index (χ0n) is 30.8. The van der Waals surface area contributed by atoms with Gasteiger partial charge in [-0.2, -0.15) is 0 Å². The van der Waals surface area contributed by atoms with Gasteiger partial charge >= 0.3 is 0 Å². The quantitative estimate of drug-likeness (QED) is 0.172. The summed E-state index contributed by atoms with van der Waals surface area (Å²) < 4.78 is 7.14. The van der Waals surface area contributed by atoms with Crippen LogP contribution in [0.3, 0.4) is 0 Å². The lowest BCUT2D eigenvalue weighted by Gasteiger charge is -2.31. The van der Waals surface area contributed by atoms with Crippen molar-refractivity contribution in [1.82, 2.24) is 0 Å². The minimum Gasteiger partial charge on any atom is -0.455 e. The Morgan fingerprint density at radius 1 is 0.473 bits per heavy atom. The molecular formula is C52H38N2O. The zero-order chi connectivity index (χ0) is 36.7. The van der Waals surface area contributed by atoms with E-state index in [0.29, 0.717) is 0 Å². The van der Waals surface area contributed by atoms with Crippen molar-refractivity contribution in [3.05, 3.63) is 204 Å². The molecule has 3 nitrogen and oxygen atoms in total. The van der Waals surface area contributed by atoms with Gasteiger partial charge in [0, 0.05) is 45.5 Å². The molecule has 0 saturated carbocycles. The Morgan fingerprint density at radius 2 is 0.945 bits per heavy atom. The molecule has 55 heavy (non-hydrogen) atoms. The first-order valence-corrected chi connectivity index (χ1v) is 19.2. The highest BCUT2D eigenvalue weighted by Crippen LogP contribution is 2.62. The number of fused-ring (bicyclic) bond motifs is 11. The normalized spacial score (nSPS) is 13.3. The number of hydrogen-bond donors (Lipinski definition) is 0. The van der Waals surface area contributed by atoms with E-state index in [2.05, 4.69) is 206 Å². The Balaban J connectivity index is 1.27. The molecule has 0 bridgehead atoms. The second kappa shape index (κ2) is 12.1. The predicted octanol–water partition coefficient (Wildman–Crippen LogP) is 14.4. The molecule has 262 valence electrons. The molecule has 0 aliphatic heterocycles. The van der Waals surface area contributed by atoms with Crippen LogP contribution in [-0.2, 0) is 11.8 Å². The van der Waals surface area contributed by atoms with E-state index in [1.807, 2.05) is 0 Å². The Bertz CT molecular complexity index is 2830. The number of anilines is 6. The summed E-state index contributed by atoms with van der Waals surface area (Å²) in [6, 6.07) is 65.6. The standard InChI is InChI=1S/C52H38N2O/c1-52(2)42-32-44(53(35-20-7-3-8-21-35)36-22-9-4-10-23-36)41-31-34-19-15-16-28-39(34)47(41)49(42)50-43(52)33-45(48-40-29-17-18-30-46(40)55-51(48)50)54(37-24-11-5-12-25-37)38-26-13-6-14-27-38/h3-30,32-33H,31H2,1-2H3. The van der Waals surface area contributed by atoms with Gasteiger partial charge in [0.25, 0.3) is 0 Å². The van der Waals surface area contributed by atoms with Crippen LogP contribution in [0, 0.1) is 0 Å². The number of para-hydroxylation sites is 5. The third kappa shape index (κ3) is 4.69. The van der Waals surface area contributed by atoms with E-state index in [4.69, 9.17) is 4.42 Å². The highest BCUT2D eigenvalue weighted by atomic mass is 16.3. The first-order chi connectivity index (χ1) is 27.1. The van der Waals surface area contributed by atoms with Gasteiger partial charge in [-0.15, -0.1) is 0 Å². The summed E-state index contributed by atoms with van der Waals surface area (Å²) in [5.41, 5.74) is 18.7. The van der Waals surface area contributed by atoms with Gasteiger partial charge in [-0.05, 0) is 106 Å². The molecule has 8 aromatic carbocycles. The first kappa shape index (κ1) is 31.7. The van der Waals surface area contributed by atoms with Crippen LogP contribution in [0.2, 0.25) is 0 Å². The van der Waals surface area contributed by atoms with E-state index < -0.39 is 0 Å². The molecule has 0 atom stereocenters. The van der Waals surface area contributed by atoms with E-state index in [1.165, 1.54) is 50.2 Å². The zero-order valence-corrected chi connectivity index (χ0v) is 30.8. The van der Waals surface area contributed by atoms with E-state index >= 15 is 0 Å². The molecule has 0 fully saturated rings. The van der Waals surface area contributed by atoms with Crippen LogP contribution in [0.25, 0.3) is 44.2 Å². The number of benzene rings is 8. The Labute approximate surface area is 321 Å². The summed E-state index contributed by atoms with van der Waals surface area (Å²) in [6.07, 6.45) is 0.858. The van der Waals surface area contributed by atoms with Gasteiger partial charge in [-0.3, -0.25) is 0 Å². The smallest absolute Gasteiger partial charge is 0.145 e. The maximum Gasteiger partial charge on any atom is 0.145 e. The maximum absolute atomic E-state index is 7.14. The van der Waals surface area contributed by atoms with Crippen molar-refractivity contribution in [2.75, 3.05) is 9.80 Å². The third-order valence-corrected chi connectivity index (χ3v) is 11.8. The van der Waals surface area contributed by atoms with Crippen molar-refractivity contribution >= 4 is 56.1 Å². The molecule has 0 radical (unpaired) electrons.